The molecule has 1 heterocycles. The Bertz CT molecular complexity index is 665. The van der Waals surface area contributed by atoms with E-state index in [1.165, 1.54) is 31.0 Å². The quantitative estimate of drug-likeness (QED) is 0.586. The van der Waals surface area contributed by atoms with Crippen LogP contribution in [-0.2, 0) is 0 Å². The number of carbonyl (C=O) groups excluding carboxylic acids is 1. The van der Waals surface area contributed by atoms with Crippen molar-refractivity contribution in [2.75, 3.05) is 12.9 Å². The van der Waals surface area contributed by atoms with E-state index in [1.807, 2.05) is 12.1 Å². The zero-order valence-corrected chi connectivity index (χ0v) is 14.0. The summed E-state index contributed by atoms with van der Waals surface area (Å²) in [6.07, 6.45) is 5.97. The van der Waals surface area contributed by atoms with Crippen molar-refractivity contribution in [1.82, 2.24) is 10.2 Å². The zero-order chi connectivity index (χ0) is 16.1. The smallest absolute Gasteiger partial charge is 0.277 e. The first-order chi connectivity index (χ1) is 11.3. The van der Waals surface area contributed by atoms with E-state index in [-0.39, 0.29) is 11.5 Å². The molecule has 0 amide bonds. The molecule has 2 aromatic rings. The first kappa shape index (κ1) is 16.1. The molecular formula is C17H20N2O3S. The second-order valence-electron chi connectivity index (χ2n) is 5.65. The van der Waals surface area contributed by atoms with Gasteiger partial charge in [0, 0.05) is 5.92 Å². The molecule has 1 aromatic carbocycles. The number of para-hydroxylation sites is 1. The number of ketones is 1. The standard InChI is InChI=1S/C17H20N2O3S/c1-21-15-10-6-5-9-13(15)14(20)11-23-17-19-18-16(22-17)12-7-3-2-4-8-12/h5-6,9-10,12H,2-4,7-8,11H2,1H3. The molecule has 122 valence electrons. The Labute approximate surface area is 139 Å². The first-order valence-electron chi connectivity index (χ1n) is 7.90. The van der Waals surface area contributed by atoms with E-state index in [0.717, 1.165) is 18.7 Å². The molecule has 1 saturated carbocycles. The van der Waals surface area contributed by atoms with Crippen molar-refractivity contribution < 1.29 is 13.9 Å². The predicted octanol–water partition coefficient (Wildman–Crippen LogP) is 4.10. The van der Waals surface area contributed by atoms with E-state index in [4.69, 9.17) is 9.15 Å². The zero-order valence-electron chi connectivity index (χ0n) is 13.2. The van der Waals surface area contributed by atoms with E-state index in [1.54, 1.807) is 19.2 Å². The van der Waals surface area contributed by atoms with Crippen molar-refractivity contribution in [2.45, 2.75) is 43.2 Å². The van der Waals surface area contributed by atoms with Crippen LogP contribution in [0, 0.1) is 0 Å². The van der Waals surface area contributed by atoms with Crippen LogP contribution in [0.1, 0.15) is 54.3 Å². The van der Waals surface area contributed by atoms with Crippen LogP contribution in [0.25, 0.3) is 0 Å². The highest BCUT2D eigenvalue weighted by atomic mass is 32.2. The summed E-state index contributed by atoms with van der Waals surface area (Å²) >= 11 is 1.28. The van der Waals surface area contributed by atoms with Crippen LogP contribution in [0.15, 0.2) is 33.9 Å². The van der Waals surface area contributed by atoms with Gasteiger partial charge in [-0.05, 0) is 25.0 Å². The first-order valence-corrected chi connectivity index (χ1v) is 8.89. The molecule has 1 aromatic heterocycles. The van der Waals surface area contributed by atoms with Gasteiger partial charge >= 0.3 is 0 Å². The molecule has 6 heteroatoms. The van der Waals surface area contributed by atoms with Gasteiger partial charge in [-0.25, -0.2) is 0 Å². The maximum Gasteiger partial charge on any atom is 0.277 e. The van der Waals surface area contributed by atoms with Gasteiger partial charge in [0.1, 0.15) is 5.75 Å². The highest BCUT2D eigenvalue weighted by Gasteiger charge is 2.22. The highest BCUT2D eigenvalue weighted by molar-refractivity contribution is 7.99. The van der Waals surface area contributed by atoms with Gasteiger partial charge in [-0.1, -0.05) is 43.2 Å². The van der Waals surface area contributed by atoms with Crippen molar-refractivity contribution in [3.8, 4) is 5.75 Å². The van der Waals surface area contributed by atoms with Crippen LogP contribution in [0.4, 0.5) is 0 Å². The Morgan fingerprint density at radius 1 is 1.26 bits per heavy atom. The topological polar surface area (TPSA) is 65.2 Å². The molecule has 3 rings (SSSR count). The number of Topliss-reactive ketones (excluding diaryl/α,β-unsaturated/α-hetero) is 1. The lowest BCUT2D eigenvalue weighted by atomic mass is 9.89. The molecule has 1 fully saturated rings. The number of thioether (sulfide) groups is 1. The summed E-state index contributed by atoms with van der Waals surface area (Å²) in [6.45, 7) is 0. The summed E-state index contributed by atoms with van der Waals surface area (Å²) in [7, 11) is 1.56. The van der Waals surface area contributed by atoms with Crippen molar-refractivity contribution >= 4 is 17.5 Å². The maximum absolute atomic E-state index is 12.3. The molecule has 0 spiro atoms. The SMILES string of the molecule is COc1ccccc1C(=O)CSc1nnc(C2CCCCC2)o1. The second-order valence-corrected chi connectivity index (χ2v) is 6.58. The molecule has 5 nitrogen and oxygen atoms in total. The molecule has 1 aliphatic rings. The molecule has 0 aliphatic heterocycles. The molecule has 0 saturated heterocycles. The van der Waals surface area contributed by atoms with E-state index in [9.17, 15) is 4.79 Å². The third-order valence-corrected chi connectivity index (χ3v) is 4.93. The van der Waals surface area contributed by atoms with Crippen LogP contribution in [-0.4, -0.2) is 28.8 Å². The van der Waals surface area contributed by atoms with Gasteiger partial charge in [0.15, 0.2) is 5.78 Å². The number of nitrogens with zero attached hydrogens (tertiary/aromatic N) is 2. The minimum atomic E-state index is -0.00938. The summed E-state index contributed by atoms with van der Waals surface area (Å²) < 4.78 is 10.9. The number of carbonyl (C=O) groups is 1. The highest BCUT2D eigenvalue weighted by Crippen LogP contribution is 2.33. The minimum absolute atomic E-state index is 0.00938. The average molecular weight is 332 g/mol. The maximum atomic E-state index is 12.3. The number of benzene rings is 1. The Balaban J connectivity index is 1.60. The predicted molar refractivity (Wildman–Crippen MR) is 88.2 cm³/mol. The van der Waals surface area contributed by atoms with Crippen LogP contribution < -0.4 is 4.74 Å². The number of ether oxygens (including phenoxy) is 1. The van der Waals surface area contributed by atoms with E-state index in [0.29, 0.717) is 22.5 Å². The number of hydrogen-bond acceptors (Lipinski definition) is 6. The number of hydrogen-bond donors (Lipinski definition) is 0. The molecule has 23 heavy (non-hydrogen) atoms. The average Bonchev–Trinajstić information content (AvgIpc) is 3.09. The molecular weight excluding hydrogens is 312 g/mol. The van der Waals surface area contributed by atoms with Crippen LogP contribution in [0.3, 0.4) is 0 Å². The summed E-state index contributed by atoms with van der Waals surface area (Å²) in [4.78, 5) is 12.3. The lowest BCUT2D eigenvalue weighted by molar-refractivity contribution is 0.101. The summed E-state index contributed by atoms with van der Waals surface area (Å²) in [5.74, 6) is 1.94. The van der Waals surface area contributed by atoms with E-state index >= 15 is 0 Å². The lowest BCUT2D eigenvalue weighted by Crippen LogP contribution is -2.05. The number of aromatic nitrogens is 2. The molecule has 0 atom stereocenters. The van der Waals surface area contributed by atoms with Crippen LogP contribution in [0.5, 0.6) is 5.75 Å². The fraction of sp³-hybridized carbons (Fsp3) is 0.471. The number of rotatable bonds is 6. The molecule has 0 unspecified atom stereocenters. The second kappa shape index (κ2) is 7.64. The van der Waals surface area contributed by atoms with Crippen LogP contribution in [0.2, 0.25) is 0 Å². The fourth-order valence-electron chi connectivity index (χ4n) is 2.87. The summed E-state index contributed by atoms with van der Waals surface area (Å²) in [5, 5.41) is 8.68. The van der Waals surface area contributed by atoms with Gasteiger partial charge < -0.3 is 9.15 Å². The molecule has 0 bridgehead atoms. The molecule has 0 radical (unpaired) electrons. The largest absolute Gasteiger partial charge is 0.496 e. The lowest BCUT2D eigenvalue weighted by Gasteiger charge is -2.17. The van der Waals surface area contributed by atoms with Gasteiger partial charge in [-0.3, -0.25) is 4.79 Å². The van der Waals surface area contributed by atoms with E-state index in [2.05, 4.69) is 10.2 Å². The molecule has 1 aliphatic carbocycles. The Hall–Kier alpha value is -1.82. The summed E-state index contributed by atoms with van der Waals surface area (Å²) in [5.41, 5.74) is 0.578. The van der Waals surface area contributed by atoms with Crippen LogP contribution >= 0.6 is 11.8 Å². The third-order valence-electron chi connectivity index (χ3n) is 4.11. The normalized spacial score (nSPS) is 15.5. The molecule has 0 N–H and O–H groups in total. The third kappa shape index (κ3) is 3.93. The van der Waals surface area contributed by atoms with E-state index < -0.39 is 0 Å². The Morgan fingerprint density at radius 2 is 2.04 bits per heavy atom. The van der Waals surface area contributed by atoms with Gasteiger partial charge in [0.05, 0.1) is 18.4 Å². The fourth-order valence-corrected chi connectivity index (χ4v) is 3.53. The monoisotopic (exact) mass is 332 g/mol. The Kier molecular flexibility index (Phi) is 5.33. The Morgan fingerprint density at radius 3 is 2.83 bits per heavy atom. The van der Waals surface area contributed by atoms with Crippen molar-refractivity contribution in [1.29, 1.82) is 0 Å². The number of methoxy groups -OCH3 is 1. The summed E-state index contributed by atoms with van der Waals surface area (Å²) in [6, 6.07) is 7.22. The van der Waals surface area contributed by atoms with Crippen molar-refractivity contribution in [3.05, 3.63) is 35.7 Å². The van der Waals surface area contributed by atoms with Gasteiger partial charge in [0.25, 0.3) is 5.22 Å². The minimum Gasteiger partial charge on any atom is -0.496 e. The van der Waals surface area contributed by atoms with Gasteiger partial charge in [0.2, 0.25) is 5.89 Å². The van der Waals surface area contributed by atoms with Gasteiger partial charge in [-0.15, -0.1) is 10.2 Å². The van der Waals surface area contributed by atoms with Crippen molar-refractivity contribution in [2.24, 2.45) is 0 Å². The van der Waals surface area contributed by atoms with Gasteiger partial charge in [-0.2, -0.15) is 0 Å². The van der Waals surface area contributed by atoms with Crippen molar-refractivity contribution in [3.63, 3.8) is 0 Å².